The van der Waals surface area contributed by atoms with Crippen molar-refractivity contribution >= 4 is 28.5 Å². The van der Waals surface area contributed by atoms with E-state index in [1.54, 1.807) is 6.92 Å². The third kappa shape index (κ3) is 2.03. The zero-order valence-corrected chi connectivity index (χ0v) is 10.7. The molecule has 1 aliphatic heterocycles. The molecule has 0 radical (unpaired) electrons. The lowest BCUT2D eigenvalue weighted by Crippen LogP contribution is -2.54. The first kappa shape index (κ1) is 12.7. The van der Waals surface area contributed by atoms with Gasteiger partial charge >= 0.3 is 12.0 Å². The molecule has 0 bridgehead atoms. The molecule has 0 aliphatic carbocycles. The number of nitrogens with zero attached hydrogens (tertiary/aromatic N) is 3. The van der Waals surface area contributed by atoms with Crippen LogP contribution in [-0.2, 0) is 4.79 Å². The normalized spacial score (nSPS) is 23.1. The summed E-state index contributed by atoms with van der Waals surface area (Å²) in [5.41, 5.74) is 0.415. The molecule has 0 aromatic carbocycles. The van der Waals surface area contributed by atoms with E-state index >= 15 is 0 Å². The van der Waals surface area contributed by atoms with Gasteiger partial charge in [-0.15, -0.1) is 10.2 Å². The quantitative estimate of drug-likeness (QED) is 0.865. The number of anilines is 1. The lowest BCUT2D eigenvalue weighted by Gasteiger charge is -2.33. The van der Waals surface area contributed by atoms with E-state index in [9.17, 15) is 14.7 Å². The molecule has 1 saturated heterocycles. The largest absolute Gasteiger partial charge is 0.479 e. The van der Waals surface area contributed by atoms with Crippen molar-refractivity contribution in [2.75, 3.05) is 11.9 Å². The molecule has 1 atom stereocenters. The number of amides is 2. The molecule has 98 valence electrons. The molecule has 2 N–H and O–H groups in total. The Hall–Kier alpha value is -1.70. The zero-order chi connectivity index (χ0) is 13.2. The number of rotatable bonds is 3. The average molecular weight is 270 g/mol. The summed E-state index contributed by atoms with van der Waals surface area (Å²) in [6.45, 7) is 2.23. The van der Waals surface area contributed by atoms with Crippen molar-refractivity contribution in [3.05, 3.63) is 5.51 Å². The summed E-state index contributed by atoms with van der Waals surface area (Å²) in [6, 6.07) is -0.423. The molecule has 2 rings (SSSR count). The number of aromatic nitrogens is 2. The number of urea groups is 1. The summed E-state index contributed by atoms with van der Waals surface area (Å²) in [4.78, 5) is 24.9. The van der Waals surface area contributed by atoms with Crippen molar-refractivity contribution in [3.8, 4) is 0 Å². The molecule has 8 heteroatoms. The minimum atomic E-state index is -1.09. The van der Waals surface area contributed by atoms with Gasteiger partial charge in [0.2, 0.25) is 5.13 Å². The zero-order valence-electron chi connectivity index (χ0n) is 9.92. The fraction of sp³-hybridized carbons (Fsp3) is 0.600. The number of hydrogen-bond donors (Lipinski definition) is 2. The van der Waals surface area contributed by atoms with Crippen molar-refractivity contribution < 1.29 is 14.7 Å². The third-order valence-electron chi connectivity index (χ3n) is 3.29. The molecule has 0 saturated carbocycles. The number of carbonyl (C=O) groups is 2. The lowest BCUT2D eigenvalue weighted by molar-refractivity contribution is -0.148. The van der Waals surface area contributed by atoms with E-state index in [2.05, 4.69) is 15.5 Å². The number of aliphatic carboxylic acids is 1. The SMILES string of the molecule is CCC1(C(=O)O)CCCN1C(=O)Nc1nncs1. The van der Waals surface area contributed by atoms with Crippen LogP contribution in [0.4, 0.5) is 9.93 Å². The Morgan fingerprint density at radius 2 is 2.44 bits per heavy atom. The molecule has 1 fully saturated rings. The number of carboxylic acids is 1. The van der Waals surface area contributed by atoms with Gasteiger partial charge in [-0.3, -0.25) is 5.32 Å². The van der Waals surface area contributed by atoms with Gasteiger partial charge in [-0.2, -0.15) is 0 Å². The van der Waals surface area contributed by atoms with Crippen LogP contribution >= 0.6 is 11.3 Å². The average Bonchev–Trinajstić information content (AvgIpc) is 2.96. The Morgan fingerprint density at radius 1 is 1.67 bits per heavy atom. The molecule has 7 nitrogen and oxygen atoms in total. The van der Waals surface area contributed by atoms with Gasteiger partial charge in [-0.25, -0.2) is 9.59 Å². The number of carbonyl (C=O) groups excluding carboxylic acids is 1. The maximum absolute atomic E-state index is 12.1. The van der Waals surface area contributed by atoms with Crippen LogP contribution in [-0.4, -0.2) is 44.3 Å². The highest BCUT2D eigenvalue weighted by atomic mass is 32.1. The summed E-state index contributed by atoms with van der Waals surface area (Å²) in [6.07, 6.45) is 1.58. The number of nitrogens with one attached hydrogen (secondary N) is 1. The Balaban J connectivity index is 2.16. The summed E-state index contributed by atoms with van der Waals surface area (Å²) < 4.78 is 0. The maximum atomic E-state index is 12.1. The van der Waals surface area contributed by atoms with Gasteiger partial charge in [0.25, 0.3) is 0 Å². The highest BCUT2D eigenvalue weighted by Crippen LogP contribution is 2.33. The number of likely N-dealkylation sites (tertiary alicyclic amines) is 1. The number of carboxylic acid groups (broad SMARTS) is 1. The second-order valence-electron chi connectivity index (χ2n) is 4.12. The second kappa shape index (κ2) is 4.89. The molecule has 1 unspecified atom stereocenters. The Kier molecular flexibility index (Phi) is 3.46. The molecule has 2 amide bonds. The predicted octanol–water partition coefficient (Wildman–Crippen LogP) is 1.40. The van der Waals surface area contributed by atoms with Crippen LogP contribution in [0.3, 0.4) is 0 Å². The molecular weight excluding hydrogens is 256 g/mol. The van der Waals surface area contributed by atoms with Crippen LogP contribution in [0.1, 0.15) is 26.2 Å². The summed E-state index contributed by atoms with van der Waals surface area (Å²) in [5.74, 6) is -0.949. The predicted molar refractivity (Wildman–Crippen MR) is 65.5 cm³/mol. The van der Waals surface area contributed by atoms with Crippen LogP contribution < -0.4 is 5.32 Å². The fourth-order valence-corrected chi connectivity index (χ4v) is 2.74. The standard InChI is InChI=1S/C10H14N4O3S/c1-2-10(7(15)16)4-3-5-14(10)9(17)12-8-13-11-6-18-8/h6H,2-5H2,1H3,(H,15,16)(H,12,13,17). The van der Waals surface area contributed by atoms with Crippen molar-refractivity contribution in [3.63, 3.8) is 0 Å². The van der Waals surface area contributed by atoms with Crippen molar-refractivity contribution in [2.24, 2.45) is 0 Å². The van der Waals surface area contributed by atoms with Gasteiger partial charge in [0.05, 0.1) is 0 Å². The first-order valence-electron chi connectivity index (χ1n) is 5.68. The Bertz CT molecular complexity index is 450. The lowest BCUT2D eigenvalue weighted by atomic mass is 9.93. The smallest absolute Gasteiger partial charge is 0.329 e. The molecule has 18 heavy (non-hydrogen) atoms. The minimum absolute atomic E-state index is 0.377. The van der Waals surface area contributed by atoms with E-state index in [1.807, 2.05) is 0 Å². The topological polar surface area (TPSA) is 95.4 Å². The van der Waals surface area contributed by atoms with Gasteiger partial charge in [-0.1, -0.05) is 18.3 Å². The second-order valence-corrected chi connectivity index (χ2v) is 4.95. The number of hydrogen-bond acceptors (Lipinski definition) is 5. The van der Waals surface area contributed by atoms with Crippen LogP contribution in [0.25, 0.3) is 0 Å². The van der Waals surface area contributed by atoms with E-state index in [0.29, 0.717) is 30.9 Å². The van der Waals surface area contributed by atoms with Crippen molar-refractivity contribution in [2.45, 2.75) is 31.7 Å². The minimum Gasteiger partial charge on any atom is -0.479 e. The molecule has 2 heterocycles. The third-order valence-corrected chi connectivity index (χ3v) is 3.90. The van der Waals surface area contributed by atoms with Gasteiger partial charge in [0.1, 0.15) is 11.0 Å². The monoisotopic (exact) mass is 270 g/mol. The summed E-state index contributed by atoms with van der Waals surface area (Å²) in [7, 11) is 0. The van der Waals surface area contributed by atoms with E-state index in [-0.39, 0.29) is 0 Å². The van der Waals surface area contributed by atoms with E-state index in [4.69, 9.17) is 0 Å². The van der Waals surface area contributed by atoms with Crippen LogP contribution in [0.15, 0.2) is 5.51 Å². The first-order valence-corrected chi connectivity index (χ1v) is 6.56. The highest BCUT2D eigenvalue weighted by Gasteiger charge is 2.48. The first-order chi connectivity index (χ1) is 8.60. The Labute approximate surface area is 108 Å². The van der Waals surface area contributed by atoms with Crippen LogP contribution in [0, 0.1) is 0 Å². The van der Waals surface area contributed by atoms with Gasteiger partial charge in [0, 0.05) is 6.54 Å². The van der Waals surface area contributed by atoms with Crippen molar-refractivity contribution in [1.29, 1.82) is 0 Å². The van der Waals surface area contributed by atoms with E-state index in [1.165, 1.54) is 21.7 Å². The van der Waals surface area contributed by atoms with E-state index in [0.717, 1.165) is 0 Å². The fourth-order valence-electron chi connectivity index (χ4n) is 2.30. The van der Waals surface area contributed by atoms with Crippen molar-refractivity contribution in [1.82, 2.24) is 15.1 Å². The molecule has 1 aromatic heterocycles. The van der Waals surface area contributed by atoms with Gasteiger partial charge < -0.3 is 10.0 Å². The maximum Gasteiger partial charge on any atom is 0.329 e. The summed E-state index contributed by atoms with van der Waals surface area (Å²) in [5, 5.41) is 19.6. The van der Waals surface area contributed by atoms with Gasteiger partial charge in [-0.05, 0) is 19.3 Å². The molecular formula is C10H14N4O3S. The highest BCUT2D eigenvalue weighted by molar-refractivity contribution is 7.13. The molecule has 0 spiro atoms. The molecule has 1 aromatic rings. The van der Waals surface area contributed by atoms with Crippen LogP contribution in [0.2, 0.25) is 0 Å². The van der Waals surface area contributed by atoms with Crippen LogP contribution in [0.5, 0.6) is 0 Å². The summed E-state index contributed by atoms with van der Waals surface area (Å²) >= 11 is 1.20. The van der Waals surface area contributed by atoms with E-state index < -0.39 is 17.5 Å². The Morgan fingerprint density at radius 3 is 3.00 bits per heavy atom. The molecule has 1 aliphatic rings. The van der Waals surface area contributed by atoms with Gasteiger partial charge in [0.15, 0.2) is 0 Å².